The molecule has 0 rings (SSSR count). The van der Waals surface area contributed by atoms with Gasteiger partial charge in [-0.3, -0.25) is 0 Å². The maximum Gasteiger partial charge on any atom is 0.338 e. The lowest BCUT2D eigenvalue weighted by Gasteiger charge is -2.30. The number of hydrogen-bond acceptors (Lipinski definition) is 2. The summed E-state index contributed by atoms with van der Waals surface area (Å²) in [5.74, 6) is 1.36. The van der Waals surface area contributed by atoms with Crippen molar-refractivity contribution in [1.82, 2.24) is 0 Å². The Morgan fingerprint density at radius 3 is 1.53 bits per heavy atom. The van der Waals surface area contributed by atoms with E-state index in [4.69, 9.17) is 32.1 Å². The second-order valence-electron chi connectivity index (χ2n) is 4.19. The Labute approximate surface area is 117 Å². The van der Waals surface area contributed by atoms with Crippen molar-refractivity contribution < 1.29 is 8.85 Å². The molecule has 0 aliphatic rings. The Morgan fingerprint density at radius 2 is 1.24 bits per heavy atom. The predicted molar refractivity (Wildman–Crippen MR) is 78.5 cm³/mol. The van der Waals surface area contributed by atoms with Crippen molar-refractivity contribution in [2.24, 2.45) is 0 Å². The van der Waals surface area contributed by atoms with Crippen molar-refractivity contribution in [3.63, 3.8) is 0 Å². The molecule has 0 fully saturated rings. The van der Waals surface area contributed by atoms with Gasteiger partial charge < -0.3 is 8.85 Å². The lowest BCUT2D eigenvalue weighted by molar-refractivity contribution is 0.166. The van der Waals surface area contributed by atoms with E-state index >= 15 is 0 Å². The molecule has 0 aliphatic carbocycles. The highest BCUT2D eigenvalue weighted by Gasteiger charge is 2.36. The zero-order valence-corrected chi connectivity index (χ0v) is 13.7. The van der Waals surface area contributed by atoms with Crippen LogP contribution in [0.2, 0.25) is 12.1 Å². The Balaban J connectivity index is 4.39. The lowest BCUT2D eigenvalue weighted by Crippen LogP contribution is -2.43. The first-order chi connectivity index (χ1) is 8.24. The van der Waals surface area contributed by atoms with E-state index in [1.54, 1.807) is 0 Å². The van der Waals surface area contributed by atoms with Crippen molar-refractivity contribution >= 4 is 31.8 Å². The van der Waals surface area contributed by atoms with Crippen molar-refractivity contribution in [1.29, 1.82) is 0 Å². The molecule has 0 spiro atoms. The van der Waals surface area contributed by atoms with Gasteiger partial charge in [0.05, 0.1) is 0 Å². The van der Waals surface area contributed by atoms with Crippen molar-refractivity contribution in [2.45, 2.75) is 51.6 Å². The van der Waals surface area contributed by atoms with Crippen LogP contribution in [0.5, 0.6) is 0 Å². The minimum absolute atomic E-state index is 0.681. The van der Waals surface area contributed by atoms with Crippen LogP contribution < -0.4 is 0 Å². The van der Waals surface area contributed by atoms with E-state index in [1.165, 1.54) is 0 Å². The van der Waals surface area contributed by atoms with Crippen LogP contribution in [0.3, 0.4) is 0 Å². The highest BCUT2D eigenvalue weighted by Crippen LogP contribution is 2.24. The fraction of sp³-hybridized carbons (Fsp3) is 1.00. The van der Waals surface area contributed by atoms with Gasteiger partial charge in [0.1, 0.15) is 0 Å². The van der Waals surface area contributed by atoms with Crippen LogP contribution in [-0.4, -0.2) is 33.5 Å². The summed E-state index contributed by atoms with van der Waals surface area (Å²) in [4.78, 5) is 0. The zero-order chi connectivity index (χ0) is 13.0. The maximum absolute atomic E-state index is 6.08. The fourth-order valence-electron chi connectivity index (χ4n) is 1.70. The van der Waals surface area contributed by atoms with E-state index in [9.17, 15) is 0 Å². The smallest absolute Gasteiger partial charge is 0.338 e. The van der Waals surface area contributed by atoms with E-state index in [1.807, 2.05) is 0 Å². The molecule has 2 nitrogen and oxygen atoms in total. The molecule has 0 saturated heterocycles. The second-order valence-corrected chi connectivity index (χ2v) is 8.35. The SMILES string of the molecule is CCCO[Si](CCCCl)(CCCCl)OCCC. The summed E-state index contributed by atoms with van der Waals surface area (Å²) in [5.41, 5.74) is 0. The highest BCUT2D eigenvalue weighted by molar-refractivity contribution is 6.67. The van der Waals surface area contributed by atoms with Gasteiger partial charge in [0.25, 0.3) is 0 Å². The number of rotatable bonds is 12. The van der Waals surface area contributed by atoms with Crippen molar-refractivity contribution in [3.05, 3.63) is 0 Å². The van der Waals surface area contributed by atoms with Gasteiger partial charge in [-0.2, -0.15) is 0 Å². The molecule has 0 aliphatic heterocycles. The summed E-state index contributed by atoms with van der Waals surface area (Å²) in [5, 5.41) is 0. The minimum Gasteiger partial charge on any atom is -0.394 e. The normalized spacial score (nSPS) is 12.0. The number of alkyl halides is 2. The summed E-state index contributed by atoms with van der Waals surface area (Å²) < 4.78 is 12.2. The average Bonchev–Trinajstić information content (AvgIpc) is 2.37. The highest BCUT2D eigenvalue weighted by atomic mass is 35.5. The standard InChI is InChI=1S/C12H26Cl2O2Si/c1-3-9-15-17(11-5-7-13,12-6-8-14)16-10-4-2/h3-12H2,1-2H3. The van der Waals surface area contributed by atoms with E-state index in [0.29, 0.717) is 11.8 Å². The van der Waals surface area contributed by atoms with Gasteiger partial charge in [0.2, 0.25) is 0 Å². The molecule has 17 heavy (non-hydrogen) atoms. The number of halogens is 2. The Bertz CT molecular complexity index is 133. The molecule has 0 aromatic heterocycles. The van der Waals surface area contributed by atoms with E-state index in [0.717, 1.165) is 51.0 Å². The van der Waals surface area contributed by atoms with Gasteiger partial charge in [-0.25, -0.2) is 0 Å². The number of hydrogen-bond donors (Lipinski definition) is 0. The summed E-state index contributed by atoms with van der Waals surface area (Å²) in [6, 6.07) is 1.99. The molecular weight excluding hydrogens is 275 g/mol. The summed E-state index contributed by atoms with van der Waals surface area (Å²) in [7, 11) is -2.05. The van der Waals surface area contributed by atoms with Gasteiger partial charge in [-0.05, 0) is 37.8 Å². The third-order valence-corrected chi connectivity index (χ3v) is 6.75. The quantitative estimate of drug-likeness (QED) is 0.389. The molecule has 0 atom stereocenters. The van der Waals surface area contributed by atoms with Crippen LogP contribution in [0, 0.1) is 0 Å². The van der Waals surface area contributed by atoms with Gasteiger partial charge in [0, 0.05) is 25.0 Å². The Kier molecular flexibility index (Phi) is 12.3. The van der Waals surface area contributed by atoms with Crippen LogP contribution in [-0.2, 0) is 8.85 Å². The molecular formula is C12H26Cl2O2Si. The molecule has 0 aromatic rings. The largest absolute Gasteiger partial charge is 0.394 e. The topological polar surface area (TPSA) is 18.5 Å². The Hall–Kier alpha value is 0.717. The molecule has 0 N–H and O–H groups in total. The fourth-order valence-corrected chi connectivity index (χ4v) is 5.91. The second kappa shape index (κ2) is 11.8. The van der Waals surface area contributed by atoms with Gasteiger partial charge >= 0.3 is 8.56 Å². The summed E-state index contributed by atoms with van der Waals surface area (Å²) >= 11 is 11.6. The van der Waals surface area contributed by atoms with E-state index in [2.05, 4.69) is 13.8 Å². The van der Waals surface area contributed by atoms with Crippen molar-refractivity contribution in [3.8, 4) is 0 Å². The first-order valence-corrected chi connectivity index (χ1v) is 9.94. The molecule has 0 unspecified atom stereocenters. The average molecular weight is 301 g/mol. The molecule has 5 heteroatoms. The zero-order valence-electron chi connectivity index (χ0n) is 11.1. The molecule has 104 valence electrons. The molecule has 0 radical (unpaired) electrons. The van der Waals surface area contributed by atoms with Crippen molar-refractivity contribution in [2.75, 3.05) is 25.0 Å². The predicted octanol–water partition coefficient (Wildman–Crippen LogP) is 4.54. The maximum atomic E-state index is 6.08. The molecule has 0 saturated carbocycles. The molecule has 0 amide bonds. The molecule has 0 aromatic carbocycles. The monoisotopic (exact) mass is 300 g/mol. The van der Waals surface area contributed by atoms with Crippen LogP contribution in [0.15, 0.2) is 0 Å². The molecule has 0 bridgehead atoms. The van der Waals surface area contributed by atoms with Gasteiger partial charge in [-0.15, -0.1) is 23.2 Å². The van der Waals surface area contributed by atoms with E-state index < -0.39 is 8.56 Å². The van der Waals surface area contributed by atoms with E-state index in [-0.39, 0.29) is 0 Å². The summed E-state index contributed by atoms with van der Waals surface area (Å²) in [6.07, 6.45) is 4.02. The third-order valence-electron chi connectivity index (χ3n) is 2.52. The van der Waals surface area contributed by atoms with Crippen LogP contribution >= 0.6 is 23.2 Å². The third kappa shape index (κ3) is 8.44. The first kappa shape index (κ1) is 17.7. The minimum atomic E-state index is -2.05. The van der Waals surface area contributed by atoms with Crippen LogP contribution in [0.25, 0.3) is 0 Å². The Morgan fingerprint density at radius 1 is 0.824 bits per heavy atom. The van der Waals surface area contributed by atoms with Gasteiger partial charge in [0.15, 0.2) is 0 Å². The lowest BCUT2D eigenvalue weighted by atomic mass is 10.5. The summed E-state index contributed by atoms with van der Waals surface area (Å²) in [6.45, 7) is 5.84. The molecule has 0 heterocycles. The van der Waals surface area contributed by atoms with Gasteiger partial charge in [-0.1, -0.05) is 13.8 Å². The first-order valence-electron chi connectivity index (χ1n) is 6.64. The van der Waals surface area contributed by atoms with Crippen LogP contribution in [0.1, 0.15) is 39.5 Å². The van der Waals surface area contributed by atoms with Crippen LogP contribution in [0.4, 0.5) is 0 Å².